The van der Waals surface area contributed by atoms with Gasteiger partial charge in [-0.15, -0.1) is 0 Å². The molecule has 2 aliphatic carbocycles. The Morgan fingerprint density at radius 1 is 1.15 bits per heavy atom. The number of fused-ring (bicyclic) bond motifs is 2. The fraction of sp³-hybridized carbons (Fsp3) is 0.882. The van der Waals surface area contributed by atoms with Crippen molar-refractivity contribution in [1.29, 1.82) is 0 Å². The first-order valence-electron chi connectivity index (χ1n) is 8.30. The summed E-state index contributed by atoms with van der Waals surface area (Å²) in [4.78, 5) is 25.4. The summed E-state index contributed by atoms with van der Waals surface area (Å²) >= 11 is 0. The molecule has 0 saturated heterocycles. The molecule has 0 spiro atoms. The van der Waals surface area contributed by atoms with Crippen LogP contribution in [0.2, 0.25) is 0 Å². The molecule has 3 heteroatoms. The Labute approximate surface area is 123 Å². The number of hydrogen-bond acceptors (Lipinski definition) is 2. The third-order valence-electron chi connectivity index (χ3n) is 5.51. The first-order chi connectivity index (χ1) is 9.52. The molecule has 0 radical (unpaired) electrons. The van der Waals surface area contributed by atoms with Crippen LogP contribution < -0.4 is 0 Å². The van der Waals surface area contributed by atoms with Crippen LogP contribution in [0.3, 0.4) is 0 Å². The van der Waals surface area contributed by atoms with Crippen molar-refractivity contribution in [3.05, 3.63) is 0 Å². The summed E-state index contributed by atoms with van der Waals surface area (Å²) < 4.78 is 0. The number of amides is 1. The van der Waals surface area contributed by atoms with Crippen molar-refractivity contribution in [2.24, 2.45) is 23.7 Å². The van der Waals surface area contributed by atoms with E-state index in [2.05, 4.69) is 13.8 Å². The second-order valence-electron chi connectivity index (χ2n) is 6.90. The van der Waals surface area contributed by atoms with Crippen LogP contribution in [-0.4, -0.2) is 29.7 Å². The maximum absolute atomic E-state index is 12.3. The van der Waals surface area contributed by atoms with Crippen molar-refractivity contribution in [3.63, 3.8) is 0 Å². The summed E-state index contributed by atoms with van der Waals surface area (Å²) in [7, 11) is 0. The van der Waals surface area contributed by atoms with Crippen LogP contribution in [0.15, 0.2) is 0 Å². The Kier molecular flexibility index (Phi) is 5.22. The highest BCUT2D eigenvalue weighted by Crippen LogP contribution is 2.52. The molecular formula is C17H29NO2. The lowest BCUT2D eigenvalue weighted by Gasteiger charge is -2.33. The van der Waals surface area contributed by atoms with Gasteiger partial charge in [0, 0.05) is 25.9 Å². The smallest absolute Gasteiger partial charge is 0.223 e. The van der Waals surface area contributed by atoms with Gasteiger partial charge in [0.25, 0.3) is 0 Å². The normalized spacial score (nSPS) is 31.6. The van der Waals surface area contributed by atoms with E-state index < -0.39 is 0 Å². The quantitative estimate of drug-likeness (QED) is 0.717. The molecule has 20 heavy (non-hydrogen) atoms. The number of ketones is 1. The van der Waals surface area contributed by atoms with Gasteiger partial charge >= 0.3 is 0 Å². The van der Waals surface area contributed by atoms with Gasteiger partial charge in [-0.3, -0.25) is 4.79 Å². The Morgan fingerprint density at radius 3 is 2.40 bits per heavy atom. The summed E-state index contributed by atoms with van der Waals surface area (Å²) in [6.07, 6.45) is 5.93. The highest BCUT2D eigenvalue weighted by molar-refractivity contribution is 5.83. The molecule has 0 N–H and O–H groups in total. The molecule has 2 fully saturated rings. The predicted octanol–water partition coefficient (Wildman–Crippen LogP) is 3.28. The Bertz CT molecular complexity index is 364. The average Bonchev–Trinajstić information content (AvgIpc) is 2.98. The lowest BCUT2D eigenvalue weighted by atomic mass is 9.80. The molecule has 0 aliphatic heterocycles. The Balaban J connectivity index is 1.91. The van der Waals surface area contributed by atoms with Crippen LogP contribution in [0, 0.1) is 23.7 Å². The minimum absolute atomic E-state index is 0.114. The zero-order chi connectivity index (χ0) is 14.7. The highest BCUT2D eigenvalue weighted by atomic mass is 16.2. The molecule has 2 bridgehead atoms. The maximum Gasteiger partial charge on any atom is 0.223 e. The standard InChI is InChI=1S/C17H29NO2/c1-4-9-18(17(20)8-5-12(2)19)11-16-13(3)14-6-7-15(16)10-14/h13-16H,4-11H2,1-3H3. The molecule has 4 atom stereocenters. The van der Waals surface area contributed by atoms with Crippen LogP contribution in [0.4, 0.5) is 0 Å². The largest absolute Gasteiger partial charge is 0.342 e. The van der Waals surface area contributed by atoms with Crippen molar-refractivity contribution in [2.75, 3.05) is 13.1 Å². The van der Waals surface area contributed by atoms with Crippen LogP contribution in [0.25, 0.3) is 0 Å². The second kappa shape index (κ2) is 6.73. The molecule has 3 nitrogen and oxygen atoms in total. The van der Waals surface area contributed by atoms with E-state index in [0.717, 1.165) is 37.3 Å². The van der Waals surface area contributed by atoms with Crippen molar-refractivity contribution in [1.82, 2.24) is 4.90 Å². The monoisotopic (exact) mass is 279 g/mol. The van der Waals surface area contributed by atoms with Gasteiger partial charge in [0.05, 0.1) is 0 Å². The van der Waals surface area contributed by atoms with Gasteiger partial charge in [-0.1, -0.05) is 13.8 Å². The second-order valence-corrected chi connectivity index (χ2v) is 6.90. The van der Waals surface area contributed by atoms with E-state index in [1.54, 1.807) is 6.92 Å². The van der Waals surface area contributed by atoms with E-state index >= 15 is 0 Å². The molecule has 2 saturated carbocycles. The summed E-state index contributed by atoms with van der Waals surface area (Å²) in [6, 6.07) is 0. The molecular weight excluding hydrogens is 250 g/mol. The molecule has 2 rings (SSSR count). The summed E-state index contributed by atoms with van der Waals surface area (Å²) in [5.41, 5.74) is 0. The Hall–Kier alpha value is -0.860. The zero-order valence-corrected chi connectivity index (χ0v) is 13.2. The minimum atomic E-state index is 0.114. The van der Waals surface area contributed by atoms with Crippen LogP contribution in [0.1, 0.15) is 59.3 Å². The summed E-state index contributed by atoms with van der Waals surface area (Å²) in [5, 5.41) is 0. The summed E-state index contributed by atoms with van der Waals surface area (Å²) in [5.74, 6) is 3.51. The number of nitrogens with zero attached hydrogens (tertiary/aromatic N) is 1. The van der Waals surface area contributed by atoms with Crippen LogP contribution in [-0.2, 0) is 9.59 Å². The molecule has 0 aromatic heterocycles. The van der Waals surface area contributed by atoms with Crippen molar-refractivity contribution < 1.29 is 9.59 Å². The molecule has 114 valence electrons. The fourth-order valence-corrected chi connectivity index (χ4v) is 4.30. The van der Waals surface area contributed by atoms with Crippen LogP contribution >= 0.6 is 0 Å². The molecule has 0 heterocycles. The third-order valence-corrected chi connectivity index (χ3v) is 5.51. The van der Waals surface area contributed by atoms with E-state index in [1.807, 2.05) is 4.90 Å². The highest BCUT2D eigenvalue weighted by Gasteiger charge is 2.45. The molecule has 2 aliphatic rings. The number of carbonyl (C=O) groups excluding carboxylic acids is 2. The third kappa shape index (κ3) is 3.42. The van der Waals surface area contributed by atoms with Gasteiger partial charge in [0.1, 0.15) is 5.78 Å². The Morgan fingerprint density at radius 2 is 1.85 bits per heavy atom. The average molecular weight is 279 g/mol. The van der Waals surface area contributed by atoms with E-state index in [4.69, 9.17) is 0 Å². The lowest BCUT2D eigenvalue weighted by molar-refractivity contribution is -0.134. The van der Waals surface area contributed by atoms with Gasteiger partial charge in [-0.25, -0.2) is 0 Å². The van der Waals surface area contributed by atoms with Gasteiger partial charge in [-0.2, -0.15) is 0 Å². The molecule has 0 aromatic carbocycles. The first-order valence-corrected chi connectivity index (χ1v) is 8.30. The molecule has 0 aromatic rings. The first kappa shape index (κ1) is 15.5. The maximum atomic E-state index is 12.3. The predicted molar refractivity (Wildman–Crippen MR) is 80.3 cm³/mol. The topological polar surface area (TPSA) is 37.4 Å². The van der Waals surface area contributed by atoms with E-state index in [9.17, 15) is 9.59 Å². The number of Topliss-reactive ketones (excluding diaryl/α,β-unsaturated/α-hetero) is 1. The molecule has 4 unspecified atom stereocenters. The lowest BCUT2D eigenvalue weighted by Crippen LogP contribution is -2.39. The van der Waals surface area contributed by atoms with Gasteiger partial charge in [0.15, 0.2) is 0 Å². The van der Waals surface area contributed by atoms with Gasteiger partial charge in [0.2, 0.25) is 5.91 Å². The van der Waals surface area contributed by atoms with Gasteiger partial charge < -0.3 is 9.69 Å². The minimum Gasteiger partial charge on any atom is -0.342 e. The number of hydrogen-bond donors (Lipinski definition) is 0. The van der Waals surface area contributed by atoms with E-state index in [1.165, 1.54) is 19.3 Å². The van der Waals surface area contributed by atoms with E-state index in [-0.39, 0.29) is 11.7 Å². The zero-order valence-electron chi connectivity index (χ0n) is 13.2. The van der Waals surface area contributed by atoms with Crippen molar-refractivity contribution in [3.8, 4) is 0 Å². The fourth-order valence-electron chi connectivity index (χ4n) is 4.30. The van der Waals surface area contributed by atoms with Crippen molar-refractivity contribution in [2.45, 2.75) is 59.3 Å². The summed E-state index contributed by atoms with van der Waals surface area (Å²) in [6.45, 7) is 7.83. The number of rotatable bonds is 7. The van der Waals surface area contributed by atoms with Gasteiger partial charge in [-0.05, 0) is 56.3 Å². The molecule has 1 amide bonds. The van der Waals surface area contributed by atoms with Crippen molar-refractivity contribution >= 4 is 11.7 Å². The van der Waals surface area contributed by atoms with Crippen LogP contribution in [0.5, 0.6) is 0 Å². The number of carbonyl (C=O) groups is 2. The van der Waals surface area contributed by atoms with E-state index in [0.29, 0.717) is 18.8 Å². The SMILES string of the molecule is CCCN(CC1C2CCC(C2)C1C)C(=O)CCC(C)=O.